The van der Waals surface area contributed by atoms with Crippen molar-refractivity contribution in [1.29, 1.82) is 0 Å². The lowest BCUT2D eigenvalue weighted by Crippen LogP contribution is -2.28. The number of urea groups is 1. The Bertz CT molecular complexity index is 928. The molecule has 1 aromatic heterocycles. The van der Waals surface area contributed by atoms with E-state index in [0.29, 0.717) is 22.9 Å². The third kappa shape index (κ3) is 4.11. The number of ether oxygens (including phenoxy) is 3. The molecule has 3 rings (SSSR count). The number of rotatable bonds is 7. The van der Waals surface area contributed by atoms with Gasteiger partial charge in [-0.15, -0.1) is 5.10 Å². The van der Waals surface area contributed by atoms with Gasteiger partial charge in [0.15, 0.2) is 11.5 Å². The lowest BCUT2D eigenvalue weighted by Gasteiger charge is -2.16. The molecule has 0 saturated heterocycles. The molecule has 2 N–H and O–H groups in total. The van der Waals surface area contributed by atoms with Crippen LogP contribution < -0.4 is 24.8 Å². The van der Waals surface area contributed by atoms with Crippen molar-refractivity contribution in [3.8, 4) is 22.9 Å². The molecule has 0 radical (unpaired) electrons. The molecule has 28 heavy (non-hydrogen) atoms. The Balaban J connectivity index is 1.63. The lowest BCUT2D eigenvalue weighted by molar-refractivity contribution is 0.251. The molecule has 2 aromatic carbocycles. The van der Waals surface area contributed by atoms with Gasteiger partial charge in [-0.05, 0) is 46.8 Å². The van der Waals surface area contributed by atoms with Gasteiger partial charge in [-0.2, -0.15) is 0 Å². The van der Waals surface area contributed by atoms with Crippen molar-refractivity contribution in [3.05, 3.63) is 48.3 Å². The Hall–Kier alpha value is -3.82. The molecule has 0 aliphatic heterocycles. The van der Waals surface area contributed by atoms with Crippen molar-refractivity contribution < 1.29 is 19.0 Å². The first kappa shape index (κ1) is 19.0. The van der Waals surface area contributed by atoms with E-state index >= 15 is 0 Å². The van der Waals surface area contributed by atoms with Gasteiger partial charge in [0.25, 0.3) is 0 Å². The lowest BCUT2D eigenvalue weighted by atomic mass is 10.1. The topological polar surface area (TPSA) is 112 Å². The Morgan fingerprint density at radius 1 is 1.00 bits per heavy atom. The van der Waals surface area contributed by atoms with Crippen LogP contribution in [0.3, 0.4) is 0 Å². The van der Waals surface area contributed by atoms with E-state index in [4.69, 9.17) is 14.2 Å². The minimum Gasteiger partial charge on any atom is -0.493 e. The summed E-state index contributed by atoms with van der Waals surface area (Å²) in [5, 5.41) is 16.5. The quantitative estimate of drug-likeness (QED) is 0.641. The molecule has 3 aromatic rings. The van der Waals surface area contributed by atoms with Gasteiger partial charge in [0.05, 0.1) is 27.0 Å². The van der Waals surface area contributed by atoms with Crippen molar-refractivity contribution in [1.82, 2.24) is 25.5 Å². The summed E-state index contributed by atoms with van der Waals surface area (Å²) in [7, 11) is 4.61. The van der Waals surface area contributed by atoms with Crippen molar-refractivity contribution in [3.63, 3.8) is 0 Å². The maximum atomic E-state index is 12.2. The first-order valence-electron chi connectivity index (χ1n) is 8.32. The van der Waals surface area contributed by atoms with E-state index in [1.807, 2.05) is 0 Å². The second-order valence-electron chi connectivity index (χ2n) is 5.60. The number of aromatic nitrogens is 4. The molecule has 0 saturated carbocycles. The largest absolute Gasteiger partial charge is 0.493 e. The van der Waals surface area contributed by atoms with Crippen molar-refractivity contribution in [2.24, 2.45) is 0 Å². The highest BCUT2D eigenvalue weighted by Crippen LogP contribution is 2.39. The van der Waals surface area contributed by atoms with Gasteiger partial charge < -0.3 is 24.8 Å². The Labute approximate surface area is 161 Å². The molecule has 0 fully saturated rings. The zero-order valence-corrected chi connectivity index (χ0v) is 15.7. The molecule has 0 aliphatic rings. The first-order chi connectivity index (χ1) is 13.7. The van der Waals surface area contributed by atoms with Crippen molar-refractivity contribution in [2.45, 2.75) is 6.54 Å². The second kappa shape index (κ2) is 8.71. The molecule has 0 atom stereocenters. The molecule has 0 unspecified atom stereocenters. The molecular formula is C18H20N6O4. The van der Waals surface area contributed by atoms with E-state index in [9.17, 15) is 4.79 Å². The third-order valence-electron chi connectivity index (χ3n) is 3.96. The van der Waals surface area contributed by atoms with Crippen LogP contribution in [0, 0.1) is 0 Å². The number of nitrogens with one attached hydrogen (secondary N) is 2. The number of benzene rings is 2. The minimum absolute atomic E-state index is 0.248. The molecule has 0 spiro atoms. The van der Waals surface area contributed by atoms with E-state index in [1.54, 1.807) is 43.5 Å². The number of carbonyl (C=O) groups excluding carboxylic acids is 1. The standard InChI is InChI=1S/C18H20N6O4/c1-26-15-9-4-12(16(27-2)17(15)28-3)10-19-18(25)21-13-5-7-14(8-6-13)24-11-20-22-23-24/h4-9,11H,10H2,1-3H3,(H2,19,21,25). The van der Waals surface area contributed by atoms with Crippen LogP contribution in [0.4, 0.5) is 10.5 Å². The van der Waals surface area contributed by atoms with Gasteiger partial charge in [0.2, 0.25) is 5.75 Å². The average Bonchev–Trinajstić information content (AvgIpc) is 3.26. The van der Waals surface area contributed by atoms with Crippen LogP contribution in [0.25, 0.3) is 5.69 Å². The predicted octanol–water partition coefficient (Wildman–Crippen LogP) is 2.01. The van der Waals surface area contributed by atoms with Gasteiger partial charge in [-0.3, -0.25) is 0 Å². The molecule has 0 aliphatic carbocycles. The molecule has 2 amide bonds. The zero-order valence-electron chi connectivity index (χ0n) is 15.7. The fraction of sp³-hybridized carbons (Fsp3) is 0.222. The van der Waals surface area contributed by atoms with Crippen LogP contribution in [0.5, 0.6) is 17.2 Å². The Morgan fingerprint density at radius 3 is 2.36 bits per heavy atom. The predicted molar refractivity (Wildman–Crippen MR) is 101 cm³/mol. The maximum Gasteiger partial charge on any atom is 0.319 e. The summed E-state index contributed by atoms with van der Waals surface area (Å²) in [5.41, 5.74) is 2.17. The zero-order chi connectivity index (χ0) is 19.9. The number of hydrogen-bond donors (Lipinski definition) is 2. The smallest absolute Gasteiger partial charge is 0.319 e. The number of tetrazole rings is 1. The van der Waals surface area contributed by atoms with Crippen LogP contribution in [0.1, 0.15) is 5.56 Å². The number of nitrogens with zero attached hydrogens (tertiary/aromatic N) is 4. The molecular weight excluding hydrogens is 364 g/mol. The second-order valence-corrected chi connectivity index (χ2v) is 5.60. The van der Waals surface area contributed by atoms with Crippen LogP contribution in [0.2, 0.25) is 0 Å². The van der Waals surface area contributed by atoms with Gasteiger partial charge >= 0.3 is 6.03 Å². The van der Waals surface area contributed by atoms with Gasteiger partial charge in [0, 0.05) is 17.8 Å². The summed E-state index contributed by atoms with van der Waals surface area (Å²) in [5.74, 6) is 1.53. The van der Waals surface area contributed by atoms with Gasteiger partial charge in [-0.25, -0.2) is 9.48 Å². The average molecular weight is 384 g/mol. The number of amides is 2. The Morgan fingerprint density at radius 2 is 1.75 bits per heavy atom. The molecule has 10 heteroatoms. The maximum absolute atomic E-state index is 12.2. The number of hydrogen-bond acceptors (Lipinski definition) is 7. The number of carbonyl (C=O) groups is 1. The molecule has 10 nitrogen and oxygen atoms in total. The van der Waals surface area contributed by atoms with Crippen molar-refractivity contribution >= 4 is 11.7 Å². The molecule has 0 bridgehead atoms. The number of methoxy groups -OCH3 is 3. The SMILES string of the molecule is COc1ccc(CNC(=O)Nc2ccc(-n3cnnn3)cc2)c(OC)c1OC. The highest BCUT2D eigenvalue weighted by atomic mass is 16.5. The number of anilines is 1. The monoisotopic (exact) mass is 384 g/mol. The van der Waals surface area contributed by atoms with E-state index in [0.717, 1.165) is 11.3 Å². The van der Waals surface area contributed by atoms with Crippen molar-refractivity contribution in [2.75, 3.05) is 26.6 Å². The van der Waals surface area contributed by atoms with E-state index in [1.165, 1.54) is 25.2 Å². The van der Waals surface area contributed by atoms with E-state index < -0.39 is 0 Å². The fourth-order valence-corrected chi connectivity index (χ4v) is 2.63. The van der Waals surface area contributed by atoms with E-state index in [-0.39, 0.29) is 12.6 Å². The summed E-state index contributed by atoms with van der Waals surface area (Å²) in [6, 6.07) is 10.3. The van der Waals surface area contributed by atoms with Crippen LogP contribution in [-0.2, 0) is 6.54 Å². The highest BCUT2D eigenvalue weighted by Gasteiger charge is 2.16. The van der Waals surface area contributed by atoms with Crippen LogP contribution in [0.15, 0.2) is 42.7 Å². The summed E-state index contributed by atoms with van der Waals surface area (Å²) in [4.78, 5) is 12.2. The normalized spacial score (nSPS) is 10.2. The Kier molecular flexibility index (Phi) is 5.90. The minimum atomic E-state index is -0.355. The van der Waals surface area contributed by atoms with E-state index in [2.05, 4.69) is 26.2 Å². The first-order valence-corrected chi connectivity index (χ1v) is 8.32. The third-order valence-corrected chi connectivity index (χ3v) is 3.96. The van der Waals surface area contributed by atoms with Crippen LogP contribution >= 0.6 is 0 Å². The fourth-order valence-electron chi connectivity index (χ4n) is 2.63. The summed E-state index contributed by atoms with van der Waals surface area (Å²) in [6.07, 6.45) is 1.49. The molecule has 146 valence electrons. The summed E-state index contributed by atoms with van der Waals surface area (Å²) in [6.45, 7) is 0.248. The van der Waals surface area contributed by atoms with Gasteiger partial charge in [0.1, 0.15) is 6.33 Å². The van der Waals surface area contributed by atoms with Gasteiger partial charge in [-0.1, -0.05) is 0 Å². The molecule has 1 heterocycles. The highest BCUT2D eigenvalue weighted by molar-refractivity contribution is 5.89. The summed E-state index contributed by atoms with van der Waals surface area (Å²) < 4.78 is 17.5. The summed E-state index contributed by atoms with van der Waals surface area (Å²) >= 11 is 0. The van der Waals surface area contributed by atoms with Crippen LogP contribution in [-0.4, -0.2) is 47.6 Å².